The number of rotatable bonds is 1. The molecule has 0 bridgehead atoms. The summed E-state index contributed by atoms with van der Waals surface area (Å²) in [6.07, 6.45) is 5.97. The van der Waals surface area contributed by atoms with Gasteiger partial charge in [0.25, 0.3) is 0 Å². The summed E-state index contributed by atoms with van der Waals surface area (Å²) in [7, 11) is -4.64. The third kappa shape index (κ3) is 5.35. The second-order valence-electron chi connectivity index (χ2n) is 5.69. The third-order valence-electron chi connectivity index (χ3n) is 3.47. The van der Waals surface area contributed by atoms with E-state index in [1.807, 2.05) is 25.6 Å². The van der Waals surface area contributed by atoms with Crippen LogP contribution in [0.4, 0.5) is 0 Å². The number of nitrogens with one attached hydrogen (secondary N) is 1. The average molecular weight is 327 g/mol. The summed E-state index contributed by atoms with van der Waals surface area (Å²) in [5.74, 6) is -0.713. The van der Waals surface area contributed by atoms with E-state index in [1.165, 1.54) is 19.3 Å². The highest BCUT2D eigenvalue weighted by Crippen LogP contribution is 2.51. The van der Waals surface area contributed by atoms with Crippen molar-refractivity contribution in [1.29, 1.82) is 0 Å². The quantitative estimate of drug-likeness (QED) is 0.456. The molecule has 1 aliphatic carbocycles. The maximum atomic E-state index is 11.2. The van der Waals surface area contributed by atoms with Crippen LogP contribution in [0.25, 0.3) is 0 Å². The monoisotopic (exact) mass is 327 g/mol. The number of carboxylic acids is 1. The van der Waals surface area contributed by atoms with Gasteiger partial charge in [-0.3, -0.25) is 10.1 Å². The topological polar surface area (TPSA) is 127 Å². The van der Waals surface area contributed by atoms with Crippen molar-refractivity contribution in [2.45, 2.75) is 61.6 Å². The zero-order valence-corrected chi connectivity index (χ0v) is 13.3. The van der Waals surface area contributed by atoms with Gasteiger partial charge in [-0.2, -0.15) is 0 Å². The number of aliphatic carboxylic acids is 1. The summed E-state index contributed by atoms with van der Waals surface area (Å²) in [5.41, 5.74) is 0. The Morgan fingerprint density at radius 1 is 1.20 bits per heavy atom. The van der Waals surface area contributed by atoms with Gasteiger partial charge in [-0.1, -0.05) is 19.3 Å². The normalized spacial score (nSPS) is 27.8. The summed E-state index contributed by atoms with van der Waals surface area (Å²) >= 11 is 1.84. The van der Waals surface area contributed by atoms with Crippen LogP contribution >= 0.6 is 19.6 Å². The zero-order valence-electron chi connectivity index (χ0n) is 11.6. The molecule has 1 unspecified atom stereocenters. The van der Waals surface area contributed by atoms with Crippen molar-refractivity contribution in [3.63, 3.8) is 0 Å². The Kier molecular flexibility index (Phi) is 5.68. The Balaban J connectivity index is 0.000000347. The predicted molar refractivity (Wildman–Crippen MR) is 76.3 cm³/mol. The molecule has 0 aromatic carbocycles. The molecule has 118 valence electrons. The molecule has 2 rings (SSSR count). The highest BCUT2D eigenvalue weighted by atomic mass is 32.2. The van der Waals surface area contributed by atoms with E-state index < -0.39 is 19.8 Å². The lowest BCUT2D eigenvalue weighted by Gasteiger charge is -2.33. The third-order valence-corrected chi connectivity index (χ3v) is 5.15. The molecule has 1 saturated carbocycles. The minimum atomic E-state index is -4.64. The molecule has 1 spiro atoms. The van der Waals surface area contributed by atoms with Gasteiger partial charge >= 0.3 is 13.8 Å². The Morgan fingerprint density at radius 2 is 1.65 bits per heavy atom. The fraction of sp³-hybridized carbons (Fsp3) is 0.909. The number of thioether (sulfide) groups is 1. The Labute approximate surface area is 122 Å². The molecule has 20 heavy (non-hydrogen) atoms. The molecule has 1 aliphatic heterocycles. The fourth-order valence-corrected chi connectivity index (χ4v) is 4.71. The molecule has 0 amide bonds. The fourth-order valence-electron chi connectivity index (χ4n) is 2.76. The maximum Gasteiger partial charge on any atom is 0.466 e. The molecule has 0 radical (unpaired) electrons. The van der Waals surface area contributed by atoms with Crippen LogP contribution in [0.5, 0.6) is 0 Å². The molecule has 2 aliphatic rings. The molecule has 2 fully saturated rings. The van der Waals surface area contributed by atoms with Gasteiger partial charge in [0, 0.05) is 4.75 Å². The van der Waals surface area contributed by atoms with E-state index >= 15 is 0 Å². The summed E-state index contributed by atoms with van der Waals surface area (Å²) in [6, 6.07) is -0.402. The summed E-state index contributed by atoms with van der Waals surface area (Å²) in [5, 5.41) is 12.5. The first kappa shape index (κ1) is 17.9. The number of carbonyl (C=O) groups is 1. The molecular formula is C11H22NO6PS. The van der Waals surface area contributed by atoms with Gasteiger partial charge in [0.2, 0.25) is 0 Å². The van der Waals surface area contributed by atoms with Gasteiger partial charge in [0.05, 0.1) is 4.87 Å². The smallest absolute Gasteiger partial charge is 0.466 e. The van der Waals surface area contributed by atoms with Gasteiger partial charge in [0.15, 0.2) is 0 Å². The van der Waals surface area contributed by atoms with Crippen molar-refractivity contribution in [3.05, 3.63) is 0 Å². The van der Waals surface area contributed by atoms with Crippen LogP contribution in [-0.2, 0) is 9.36 Å². The molecule has 7 nitrogen and oxygen atoms in total. The van der Waals surface area contributed by atoms with E-state index in [0.717, 1.165) is 12.8 Å². The van der Waals surface area contributed by atoms with Crippen LogP contribution in [0, 0.1) is 0 Å². The zero-order chi connectivity index (χ0) is 15.6. The highest BCUT2D eigenvalue weighted by molar-refractivity contribution is 8.02. The van der Waals surface area contributed by atoms with Crippen LogP contribution in [0.15, 0.2) is 0 Å². The molecule has 0 aromatic heterocycles. The van der Waals surface area contributed by atoms with Crippen LogP contribution in [-0.4, -0.2) is 41.4 Å². The number of carboxylic acid groups (broad SMARTS) is 1. The first-order valence-corrected chi connectivity index (χ1v) is 8.82. The summed E-state index contributed by atoms with van der Waals surface area (Å²) < 4.78 is 8.69. The Hall–Kier alpha value is -0.110. The SMILES string of the molecule is CC1(C)SC2(CCCCC2)NC1C(=O)O.O=P(O)(O)O. The number of hydrogen-bond acceptors (Lipinski definition) is 4. The van der Waals surface area contributed by atoms with Crippen LogP contribution in [0.3, 0.4) is 0 Å². The number of hydrogen-bond donors (Lipinski definition) is 5. The molecule has 1 heterocycles. The van der Waals surface area contributed by atoms with E-state index in [4.69, 9.17) is 19.2 Å². The lowest BCUT2D eigenvalue weighted by Crippen LogP contribution is -2.49. The van der Waals surface area contributed by atoms with Crippen LogP contribution in [0.2, 0.25) is 0 Å². The maximum absolute atomic E-state index is 11.2. The lowest BCUT2D eigenvalue weighted by atomic mass is 9.93. The van der Waals surface area contributed by atoms with E-state index in [0.29, 0.717) is 0 Å². The van der Waals surface area contributed by atoms with Gasteiger partial charge in [-0.25, -0.2) is 4.57 Å². The molecule has 1 saturated heterocycles. The van der Waals surface area contributed by atoms with E-state index in [1.54, 1.807) is 0 Å². The van der Waals surface area contributed by atoms with E-state index in [-0.39, 0.29) is 9.62 Å². The van der Waals surface area contributed by atoms with Crippen molar-refractivity contribution in [2.75, 3.05) is 0 Å². The molecule has 5 N–H and O–H groups in total. The number of phosphoric acid groups is 1. The largest absolute Gasteiger partial charge is 0.480 e. The van der Waals surface area contributed by atoms with Gasteiger partial charge in [-0.05, 0) is 26.7 Å². The highest BCUT2D eigenvalue weighted by Gasteiger charge is 2.52. The summed E-state index contributed by atoms with van der Waals surface area (Å²) in [4.78, 5) is 32.8. The molecule has 1 atom stereocenters. The molecule has 9 heteroatoms. The van der Waals surface area contributed by atoms with E-state index in [9.17, 15) is 9.90 Å². The predicted octanol–water partition coefficient (Wildman–Crippen LogP) is 1.29. The van der Waals surface area contributed by atoms with Crippen molar-refractivity contribution in [3.8, 4) is 0 Å². The van der Waals surface area contributed by atoms with Gasteiger partial charge in [-0.15, -0.1) is 11.8 Å². The first-order chi connectivity index (χ1) is 8.95. The Bertz CT molecular complexity index is 395. The minimum Gasteiger partial charge on any atom is -0.480 e. The van der Waals surface area contributed by atoms with Gasteiger partial charge in [0.1, 0.15) is 6.04 Å². The second-order valence-corrected chi connectivity index (χ2v) is 8.75. The second kappa shape index (κ2) is 6.34. The van der Waals surface area contributed by atoms with Crippen molar-refractivity contribution >= 4 is 25.6 Å². The first-order valence-electron chi connectivity index (χ1n) is 6.44. The molecule has 0 aromatic rings. The summed E-state index contributed by atoms with van der Waals surface area (Å²) in [6.45, 7) is 4.07. The minimum absolute atomic E-state index is 0.0464. The lowest BCUT2D eigenvalue weighted by molar-refractivity contribution is -0.140. The molecular weight excluding hydrogens is 305 g/mol. The average Bonchev–Trinajstić information content (AvgIpc) is 2.48. The van der Waals surface area contributed by atoms with Crippen LogP contribution < -0.4 is 5.32 Å². The van der Waals surface area contributed by atoms with Crippen molar-refractivity contribution in [1.82, 2.24) is 5.32 Å². The van der Waals surface area contributed by atoms with Crippen molar-refractivity contribution in [2.24, 2.45) is 0 Å². The van der Waals surface area contributed by atoms with E-state index in [2.05, 4.69) is 5.32 Å². The van der Waals surface area contributed by atoms with Gasteiger partial charge < -0.3 is 19.8 Å². The van der Waals surface area contributed by atoms with Crippen molar-refractivity contribution < 1.29 is 29.1 Å². The Morgan fingerprint density at radius 3 is 2.00 bits per heavy atom. The van der Waals surface area contributed by atoms with Crippen LogP contribution in [0.1, 0.15) is 46.0 Å². The standard InChI is InChI=1S/C11H19NO2S.H3O4P/c1-10(2)8(9(13)14)12-11(15-10)6-4-3-5-7-11;1-5(2,3)4/h8,12H,3-7H2,1-2H3,(H,13,14);(H3,1,2,3,4).